The number of carbonyl (C=O) groups is 2. The first-order chi connectivity index (χ1) is 15.4. The molecule has 0 saturated heterocycles. The van der Waals surface area contributed by atoms with Gasteiger partial charge in [0.05, 0.1) is 17.8 Å². The maximum atomic E-state index is 13.0. The van der Waals surface area contributed by atoms with Gasteiger partial charge in [-0.15, -0.1) is 6.58 Å². The number of rotatable bonds is 11. The van der Waals surface area contributed by atoms with E-state index in [1.807, 2.05) is 20.9 Å². The molecule has 0 atom stereocenters. The van der Waals surface area contributed by atoms with E-state index in [0.717, 1.165) is 18.7 Å². The van der Waals surface area contributed by atoms with E-state index in [9.17, 15) is 9.59 Å². The maximum absolute atomic E-state index is 13.0. The van der Waals surface area contributed by atoms with Crippen LogP contribution in [0, 0.1) is 6.92 Å². The highest BCUT2D eigenvalue weighted by molar-refractivity contribution is 6.04. The predicted molar refractivity (Wildman–Crippen MR) is 123 cm³/mol. The van der Waals surface area contributed by atoms with Crippen molar-refractivity contribution in [1.82, 2.24) is 24.6 Å². The number of primary amides is 1. The van der Waals surface area contributed by atoms with Gasteiger partial charge in [0.1, 0.15) is 17.0 Å². The van der Waals surface area contributed by atoms with Gasteiger partial charge in [-0.1, -0.05) is 6.08 Å². The lowest BCUT2D eigenvalue weighted by Crippen LogP contribution is -2.20. The van der Waals surface area contributed by atoms with Gasteiger partial charge in [-0.05, 0) is 52.1 Å². The summed E-state index contributed by atoms with van der Waals surface area (Å²) < 4.78 is 9.39. The number of allylic oxidation sites excluding steroid dienone is 1. The molecule has 2 aromatic heterocycles. The number of hydrogen-bond acceptors (Lipinski definition) is 6. The van der Waals surface area contributed by atoms with Gasteiger partial charge >= 0.3 is 0 Å². The molecule has 1 aromatic carbocycles. The number of aryl methyl sites for hydroxylation is 2. The molecule has 10 heteroatoms. The Hall–Kier alpha value is -3.66. The minimum Gasteiger partial charge on any atom is -0.491 e. The fourth-order valence-electron chi connectivity index (χ4n) is 3.45. The van der Waals surface area contributed by atoms with Gasteiger partial charge in [0.15, 0.2) is 0 Å². The molecule has 0 aliphatic heterocycles. The average Bonchev–Trinajstić information content (AvgIpc) is 3.31. The molecule has 3 rings (SSSR count). The first kappa shape index (κ1) is 23.0. The molecular weight excluding hydrogens is 410 g/mol. The van der Waals surface area contributed by atoms with Crippen LogP contribution in [-0.4, -0.2) is 51.3 Å². The Bertz CT molecular complexity index is 1150. The fraction of sp³-hybridized carbons (Fsp3) is 0.364. The molecule has 0 aliphatic rings. The summed E-state index contributed by atoms with van der Waals surface area (Å²) in [5.41, 5.74) is 8.11. The van der Waals surface area contributed by atoms with Crippen molar-refractivity contribution in [2.45, 2.75) is 33.4 Å². The highest BCUT2D eigenvalue weighted by Crippen LogP contribution is 2.31. The molecule has 0 saturated carbocycles. The number of fused-ring (bicyclic) bond motifs is 1. The quantitative estimate of drug-likeness (QED) is 0.310. The van der Waals surface area contributed by atoms with Gasteiger partial charge in [0.25, 0.3) is 5.91 Å². The zero-order valence-corrected chi connectivity index (χ0v) is 18.6. The van der Waals surface area contributed by atoms with E-state index in [-0.39, 0.29) is 11.5 Å². The third-order valence-corrected chi connectivity index (χ3v) is 4.89. The Labute approximate surface area is 186 Å². The summed E-state index contributed by atoms with van der Waals surface area (Å²) in [6.07, 6.45) is 2.47. The van der Waals surface area contributed by atoms with Gasteiger partial charge in [-0.2, -0.15) is 5.10 Å². The molecule has 2 amide bonds. The monoisotopic (exact) mass is 439 g/mol. The zero-order valence-electron chi connectivity index (χ0n) is 18.6. The smallest absolute Gasteiger partial charge is 0.276 e. The predicted octanol–water partition coefficient (Wildman–Crippen LogP) is 2.09. The van der Waals surface area contributed by atoms with Crippen molar-refractivity contribution in [2.24, 2.45) is 5.73 Å². The Morgan fingerprint density at radius 2 is 2.09 bits per heavy atom. The Balaban J connectivity index is 2.05. The lowest BCUT2D eigenvalue weighted by atomic mass is 10.1. The number of nitrogens with one attached hydrogen (secondary N) is 2. The second-order valence-electron chi connectivity index (χ2n) is 7.29. The van der Waals surface area contributed by atoms with Crippen molar-refractivity contribution >= 4 is 28.8 Å². The summed E-state index contributed by atoms with van der Waals surface area (Å²) in [6, 6.07) is 4.92. The van der Waals surface area contributed by atoms with E-state index in [1.54, 1.807) is 33.5 Å². The molecule has 0 fully saturated rings. The average molecular weight is 440 g/mol. The largest absolute Gasteiger partial charge is 0.491 e. The van der Waals surface area contributed by atoms with Gasteiger partial charge in [0.2, 0.25) is 11.9 Å². The summed E-state index contributed by atoms with van der Waals surface area (Å²) >= 11 is 0. The second-order valence-corrected chi connectivity index (χ2v) is 7.29. The van der Waals surface area contributed by atoms with Crippen LogP contribution in [0.4, 0.5) is 5.95 Å². The lowest BCUT2D eigenvalue weighted by molar-refractivity contribution is 0.0995. The molecule has 0 bridgehead atoms. The molecule has 0 radical (unpaired) electrons. The first-order valence-corrected chi connectivity index (χ1v) is 10.5. The third kappa shape index (κ3) is 4.80. The van der Waals surface area contributed by atoms with E-state index < -0.39 is 5.91 Å². The van der Waals surface area contributed by atoms with Gasteiger partial charge in [0, 0.05) is 18.7 Å². The standard InChI is InChI=1S/C22H29N7O3/c1-5-9-28-19-16(12-15(20(23)30)13-18(19)32-10-7-8-24-4)25-22(28)26-21(31)17-11-14(3)27-29(17)6-2/h5,11-13,24H,1,6-10H2,2-4H3,(H2,23,30)(H,25,26,31). The number of nitrogens with zero attached hydrogens (tertiary/aromatic N) is 4. The topological polar surface area (TPSA) is 129 Å². The van der Waals surface area contributed by atoms with Crippen LogP contribution in [0.2, 0.25) is 0 Å². The number of aromatic nitrogens is 4. The molecule has 0 unspecified atom stereocenters. The molecule has 0 spiro atoms. The van der Waals surface area contributed by atoms with Gasteiger partial charge in [-0.3, -0.25) is 19.6 Å². The van der Waals surface area contributed by atoms with Crippen LogP contribution in [0.5, 0.6) is 5.75 Å². The van der Waals surface area contributed by atoms with Crippen molar-refractivity contribution in [2.75, 3.05) is 25.5 Å². The molecule has 3 aromatic rings. The lowest BCUT2D eigenvalue weighted by Gasteiger charge is -2.12. The number of carbonyl (C=O) groups excluding carboxylic acids is 2. The maximum Gasteiger partial charge on any atom is 0.276 e. The SMILES string of the molecule is C=CCn1c(NC(=O)c2cc(C)nn2CC)nc2cc(C(N)=O)cc(OCCCNC)c21. The summed E-state index contributed by atoms with van der Waals surface area (Å²) in [4.78, 5) is 29.4. The molecule has 32 heavy (non-hydrogen) atoms. The normalized spacial score (nSPS) is 11.0. The molecule has 4 N–H and O–H groups in total. The van der Waals surface area contributed by atoms with Crippen molar-refractivity contribution in [3.8, 4) is 5.75 Å². The molecule has 2 heterocycles. The molecular formula is C22H29N7O3. The van der Waals surface area contributed by atoms with E-state index >= 15 is 0 Å². The zero-order chi connectivity index (χ0) is 23.3. The van der Waals surface area contributed by atoms with Crippen molar-refractivity contribution in [3.05, 3.63) is 47.8 Å². The number of nitrogens with two attached hydrogens (primary N) is 1. The van der Waals surface area contributed by atoms with Crippen LogP contribution in [0.3, 0.4) is 0 Å². The van der Waals surface area contributed by atoms with Crippen LogP contribution in [0.15, 0.2) is 30.9 Å². The van der Waals surface area contributed by atoms with Gasteiger partial charge in [-0.25, -0.2) is 4.98 Å². The highest BCUT2D eigenvalue weighted by atomic mass is 16.5. The molecule has 0 aliphatic carbocycles. The van der Waals surface area contributed by atoms with Crippen molar-refractivity contribution in [3.63, 3.8) is 0 Å². The number of benzene rings is 1. The number of imidazole rings is 1. The fourth-order valence-corrected chi connectivity index (χ4v) is 3.45. The second kappa shape index (κ2) is 10.1. The van der Waals surface area contributed by atoms with E-state index in [4.69, 9.17) is 10.5 Å². The summed E-state index contributed by atoms with van der Waals surface area (Å²) in [7, 11) is 1.87. The third-order valence-electron chi connectivity index (χ3n) is 4.89. The minimum absolute atomic E-state index is 0.280. The van der Waals surface area contributed by atoms with Crippen LogP contribution >= 0.6 is 0 Å². The Morgan fingerprint density at radius 1 is 1.31 bits per heavy atom. The van der Waals surface area contributed by atoms with Crippen LogP contribution in [-0.2, 0) is 13.1 Å². The Kier molecular flexibility index (Phi) is 7.26. The Morgan fingerprint density at radius 3 is 2.75 bits per heavy atom. The summed E-state index contributed by atoms with van der Waals surface area (Å²) in [5.74, 6) is -0.136. The van der Waals surface area contributed by atoms with E-state index in [1.165, 1.54) is 0 Å². The molecule has 170 valence electrons. The molecule has 10 nitrogen and oxygen atoms in total. The van der Waals surface area contributed by atoms with Crippen LogP contribution < -0.4 is 21.1 Å². The van der Waals surface area contributed by atoms with E-state index in [2.05, 4.69) is 27.3 Å². The van der Waals surface area contributed by atoms with E-state index in [0.29, 0.717) is 48.1 Å². The van der Waals surface area contributed by atoms with Crippen LogP contribution in [0.25, 0.3) is 11.0 Å². The first-order valence-electron chi connectivity index (χ1n) is 10.5. The van der Waals surface area contributed by atoms with Gasteiger partial charge < -0.3 is 20.4 Å². The minimum atomic E-state index is -0.585. The van der Waals surface area contributed by atoms with Crippen molar-refractivity contribution in [1.29, 1.82) is 0 Å². The summed E-state index contributed by atoms with van der Waals surface area (Å²) in [6.45, 7) is 9.73. The number of amides is 2. The van der Waals surface area contributed by atoms with Crippen LogP contribution in [0.1, 0.15) is 39.9 Å². The number of ether oxygens (including phenoxy) is 1. The van der Waals surface area contributed by atoms with Crippen molar-refractivity contribution < 1.29 is 14.3 Å². The number of hydrogen-bond donors (Lipinski definition) is 3. The highest BCUT2D eigenvalue weighted by Gasteiger charge is 2.21. The summed E-state index contributed by atoms with van der Waals surface area (Å²) in [5, 5.41) is 10.3. The number of anilines is 1.